The quantitative estimate of drug-likeness (QED) is 0.820. The van der Waals surface area contributed by atoms with Gasteiger partial charge in [0.1, 0.15) is 6.61 Å². The molecule has 0 radical (unpaired) electrons. The van der Waals surface area contributed by atoms with E-state index in [1.165, 1.54) is 0 Å². The summed E-state index contributed by atoms with van der Waals surface area (Å²) in [7, 11) is 0. The van der Waals surface area contributed by atoms with E-state index in [0.29, 0.717) is 24.2 Å². The predicted molar refractivity (Wildman–Crippen MR) is 83.7 cm³/mol. The monoisotopic (exact) mass is 340 g/mol. The Hall–Kier alpha value is -0.690. The van der Waals surface area contributed by atoms with Crippen molar-refractivity contribution in [2.75, 3.05) is 6.61 Å². The number of carbonyl (C=O) groups is 1. The zero-order chi connectivity index (χ0) is 17.3. The average Bonchev–Trinajstić information content (AvgIpc) is 3.11. The van der Waals surface area contributed by atoms with Gasteiger partial charge in [-0.3, -0.25) is 0 Å². The highest BCUT2D eigenvalue weighted by atomic mass is 16.8. The molecular weight excluding hydrogens is 312 g/mol. The van der Waals surface area contributed by atoms with Gasteiger partial charge in [0.25, 0.3) is 0 Å². The smallest absolute Gasteiger partial charge is 0.329 e. The zero-order valence-corrected chi connectivity index (χ0v) is 14.7. The second-order valence-corrected chi connectivity index (χ2v) is 8.60. The third-order valence-corrected chi connectivity index (χ3v) is 7.10. The third-order valence-electron chi connectivity index (χ3n) is 7.10. The van der Waals surface area contributed by atoms with Gasteiger partial charge >= 0.3 is 5.97 Å². The molecule has 4 rings (SSSR count). The first-order valence-electron chi connectivity index (χ1n) is 9.14. The predicted octanol–water partition coefficient (Wildman–Crippen LogP) is 2.35. The Balaban J connectivity index is 1.68. The number of rotatable bonds is 3. The van der Waals surface area contributed by atoms with Gasteiger partial charge in [0.15, 0.2) is 17.9 Å². The largest absolute Gasteiger partial charge is 0.480 e. The van der Waals surface area contributed by atoms with Gasteiger partial charge < -0.3 is 24.4 Å². The molecule has 4 aliphatic rings. The van der Waals surface area contributed by atoms with E-state index in [4.69, 9.17) is 19.3 Å². The summed E-state index contributed by atoms with van der Waals surface area (Å²) in [6.45, 7) is 5.74. The summed E-state index contributed by atoms with van der Waals surface area (Å²) >= 11 is 0. The fourth-order valence-electron chi connectivity index (χ4n) is 6.09. The van der Waals surface area contributed by atoms with Gasteiger partial charge in [0.2, 0.25) is 0 Å². The lowest BCUT2D eigenvalue weighted by atomic mass is 9.58. The van der Waals surface area contributed by atoms with Crippen LogP contribution in [0.25, 0.3) is 0 Å². The molecule has 8 atom stereocenters. The molecule has 1 spiro atoms. The van der Waals surface area contributed by atoms with Gasteiger partial charge in [-0.25, -0.2) is 4.79 Å². The van der Waals surface area contributed by atoms with Gasteiger partial charge in [0.05, 0.1) is 0 Å². The van der Waals surface area contributed by atoms with Crippen LogP contribution in [0.1, 0.15) is 52.9 Å². The number of carboxylic acids is 1. The Bertz CT molecular complexity index is 548. The van der Waals surface area contributed by atoms with Crippen molar-refractivity contribution < 1.29 is 29.2 Å². The lowest BCUT2D eigenvalue weighted by molar-refractivity contribution is -0.377. The Morgan fingerprint density at radius 2 is 2.00 bits per heavy atom. The molecule has 0 aromatic heterocycles. The van der Waals surface area contributed by atoms with Crippen LogP contribution in [-0.4, -0.2) is 40.7 Å². The minimum absolute atomic E-state index is 0.0480. The van der Waals surface area contributed by atoms with Crippen molar-refractivity contribution >= 4 is 5.97 Å². The minimum atomic E-state index is -1.21. The van der Waals surface area contributed by atoms with E-state index in [0.717, 1.165) is 25.7 Å². The number of carboxylic acid groups (broad SMARTS) is 1. The van der Waals surface area contributed by atoms with Gasteiger partial charge in [-0.1, -0.05) is 20.3 Å². The summed E-state index contributed by atoms with van der Waals surface area (Å²) in [4.78, 5) is 10.9. The van der Waals surface area contributed by atoms with Crippen LogP contribution >= 0.6 is 0 Å². The average molecular weight is 340 g/mol. The van der Waals surface area contributed by atoms with Crippen LogP contribution in [0.3, 0.4) is 0 Å². The van der Waals surface area contributed by atoms with Gasteiger partial charge in [0, 0.05) is 24.2 Å². The van der Waals surface area contributed by atoms with Gasteiger partial charge in [-0.05, 0) is 37.5 Å². The van der Waals surface area contributed by atoms with E-state index in [2.05, 4.69) is 13.8 Å². The van der Waals surface area contributed by atoms with E-state index in [1.807, 2.05) is 0 Å². The number of aliphatic hydroxyl groups is 1. The highest BCUT2D eigenvalue weighted by Crippen LogP contribution is 2.78. The minimum Gasteiger partial charge on any atom is -0.480 e. The van der Waals surface area contributed by atoms with Crippen molar-refractivity contribution in [3.05, 3.63) is 0 Å². The molecular formula is C18H28O6. The van der Waals surface area contributed by atoms with Crippen LogP contribution in [0.5, 0.6) is 0 Å². The molecule has 6 nitrogen and oxygen atoms in total. The Labute approximate surface area is 142 Å². The highest BCUT2D eigenvalue weighted by Gasteiger charge is 2.83. The summed E-state index contributed by atoms with van der Waals surface area (Å²) < 4.78 is 17.9. The molecule has 6 heteroatoms. The van der Waals surface area contributed by atoms with Crippen LogP contribution in [0.2, 0.25) is 0 Å². The normalized spacial score (nSPS) is 55.9. The molecule has 2 aliphatic heterocycles. The molecule has 0 aromatic carbocycles. The SMILES string of the molecule is CC1CCC2C(C)C(OCC(=O)O)OC34CC23C1CCC(C)(O)O4. The van der Waals surface area contributed by atoms with E-state index in [-0.39, 0.29) is 17.9 Å². The first-order chi connectivity index (χ1) is 11.2. The molecule has 0 aromatic rings. The van der Waals surface area contributed by atoms with Crippen molar-refractivity contribution in [2.24, 2.45) is 29.1 Å². The summed E-state index contributed by atoms with van der Waals surface area (Å²) in [5.74, 6) is -1.43. The Morgan fingerprint density at radius 3 is 2.71 bits per heavy atom. The second kappa shape index (κ2) is 5.16. The standard InChI is InChI=1S/C18H28O6/c1-10-4-5-13-11(2)15(22-8-14(19)20)23-18-9-17(13,18)12(10)6-7-16(3,21)24-18/h10-13,15,21H,4-9H2,1-3H3,(H,19,20). The molecule has 8 unspecified atom stereocenters. The molecule has 2 aliphatic carbocycles. The highest BCUT2D eigenvalue weighted by molar-refractivity contribution is 5.68. The number of hydrogen-bond donors (Lipinski definition) is 2. The summed E-state index contributed by atoms with van der Waals surface area (Å²) in [5, 5.41) is 19.5. The summed E-state index contributed by atoms with van der Waals surface area (Å²) in [6, 6.07) is 0. The zero-order valence-electron chi connectivity index (χ0n) is 14.7. The number of ether oxygens (including phenoxy) is 3. The van der Waals surface area contributed by atoms with E-state index in [1.54, 1.807) is 6.92 Å². The van der Waals surface area contributed by atoms with Crippen LogP contribution in [0, 0.1) is 29.1 Å². The molecule has 2 N–H and O–H groups in total. The molecule has 4 fully saturated rings. The maximum Gasteiger partial charge on any atom is 0.329 e. The maximum absolute atomic E-state index is 10.9. The van der Waals surface area contributed by atoms with Crippen LogP contribution in [0.4, 0.5) is 0 Å². The van der Waals surface area contributed by atoms with Crippen molar-refractivity contribution in [3.8, 4) is 0 Å². The molecule has 0 amide bonds. The Morgan fingerprint density at radius 1 is 1.25 bits per heavy atom. The molecule has 2 heterocycles. The van der Waals surface area contributed by atoms with Crippen LogP contribution in [0.15, 0.2) is 0 Å². The topological polar surface area (TPSA) is 85.2 Å². The molecule has 24 heavy (non-hydrogen) atoms. The third kappa shape index (κ3) is 2.19. The molecule has 136 valence electrons. The Kier molecular flexibility index (Phi) is 3.60. The van der Waals surface area contributed by atoms with Crippen molar-refractivity contribution in [1.82, 2.24) is 0 Å². The molecule has 2 saturated heterocycles. The van der Waals surface area contributed by atoms with Crippen LogP contribution in [-0.2, 0) is 19.0 Å². The van der Waals surface area contributed by atoms with E-state index >= 15 is 0 Å². The van der Waals surface area contributed by atoms with Gasteiger partial charge in [-0.15, -0.1) is 0 Å². The van der Waals surface area contributed by atoms with E-state index < -0.39 is 23.8 Å². The molecule has 2 saturated carbocycles. The van der Waals surface area contributed by atoms with Crippen molar-refractivity contribution in [3.63, 3.8) is 0 Å². The summed E-state index contributed by atoms with van der Waals surface area (Å²) in [5.41, 5.74) is -0.0480. The van der Waals surface area contributed by atoms with Gasteiger partial charge in [-0.2, -0.15) is 0 Å². The summed E-state index contributed by atoms with van der Waals surface area (Å²) in [6.07, 6.45) is 3.99. The maximum atomic E-state index is 10.9. The van der Waals surface area contributed by atoms with Crippen molar-refractivity contribution in [1.29, 1.82) is 0 Å². The number of hydrogen-bond acceptors (Lipinski definition) is 5. The fourth-order valence-corrected chi connectivity index (χ4v) is 6.09. The second-order valence-electron chi connectivity index (χ2n) is 8.60. The molecule has 0 bridgehead atoms. The van der Waals surface area contributed by atoms with E-state index in [9.17, 15) is 9.90 Å². The lowest BCUT2D eigenvalue weighted by Gasteiger charge is -2.51. The first-order valence-corrected chi connectivity index (χ1v) is 9.14. The van der Waals surface area contributed by atoms with Crippen molar-refractivity contribution in [2.45, 2.75) is 70.7 Å². The fraction of sp³-hybridized carbons (Fsp3) is 0.944. The first kappa shape index (κ1) is 16.8. The van der Waals surface area contributed by atoms with Crippen LogP contribution < -0.4 is 0 Å². The lowest BCUT2D eigenvalue weighted by Crippen LogP contribution is -2.54. The number of aliphatic carboxylic acids is 1.